The summed E-state index contributed by atoms with van der Waals surface area (Å²) in [6.07, 6.45) is -0.627. The Kier molecular flexibility index (Phi) is 3.21. The third kappa shape index (κ3) is 2.52. The number of carbonyl (C=O) groups is 2. The van der Waals surface area contributed by atoms with Crippen LogP contribution in [0.4, 0.5) is 0 Å². The molecule has 1 aliphatic rings. The van der Waals surface area contributed by atoms with Gasteiger partial charge in [-0.15, -0.1) is 0 Å². The SMILES string of the molecule is Cc1ccc2oc(C(=O)O[C@@H]3CCOC3=O)cc(=O)c2c1. The maximum atomic E-state index is 12.0. The molecule has 1 atom stereocenters. The van der Waals surface area contributed by atoms with Crippen molar-refractivity contribution >= 4 is 22.9 Å². The molecule has 1 aromatic heterocycles. The highest BCUT2D eigenvalue weighted by molar-refractivity contribution is 5.91. The number of cyclic esters (lactones) is 1. The Bertz CT molecular complexity index is 788. The van der Waals surface area contributed by atoms with Gasteiger partial charge in [-0.3, -0.25) is 4.79 Å². The van der Waals surface area contributed by atoms with E-state index in [1.165, 1.54) is 0 Å². The maximum Gasteiger partial charge on any atom is 0.375 e. The summed E-state index contributed by atoms with van der Waals surface area (Å²) in [6.45, 7) is 2.07. The van der Waals surface area contributed by atoms with Crippen LogP contribution in [-0.2, 0) is 14.3 Å². The fraction of sp³-hybridized carbons (Fsp3) is 0.267. The molecule has 0 saturated carbocycles. The molecule has 1 fully saturated rings. The fourth-order valence-corrected chi connectivity index (χ4v) is 2.14. The first-order valence-corrected chi connectivity index (χ1v) is 6.47. The molecule has 21 heavy (non-hydrogen) atoms. The molecule has 0 N–H and O–H groups in total. The Labute approximate surface area is 119 Å². The first-order valence-electron chi connectivity index (χ1n) is 6.47. The molecule has 2 aromatic rings. The van der Waals surface area contributed by atoms with Crippen LogP contribution >= 0.6 is 0 Å². The monoisotopic (exact) mass is 288 g/mol. The Morgan fingerprint density at radius 1 is 1.29 bits per heavy atom. The van der Waals surface area contributed by atoms with Crippen LogP contribution in [0.25, 0.3) is 11.0 Å². The molecule has 108 valence electrons. The van der Waals surface area contributed by atoms with E-state index in [1.807, 2.05) is 6.92 Å². The quantitative estimate of drug-likeness (QED) is 0.780. The van der Waals surface area contributed by atoms with E-state index in [1.54, 1.807) is 18.2 Å². The second kappa shape index (κ2) is 5.05. The molecular weight excluding hydrogens is 276 g/mol. The van der Waals surface area contributed by atoms with Gasteiger partial charge in [0.15, 0.2) is 5.43 Å². The Morgan fingerprint density at radius 2 is 2.10 bits per heavy atom. The minimum absolute atomic E-state index is 0.220. The summed E-state index contributed by atoms with van der Waals surface area (Å²) in [4.78, 5) is 35.2. The van der Waals surface area contributed by atoms with Gasteiger partial charge >= 0.3 is 11.9 Å². The van der Waals surface area contributed by atoms with Gasteiger partial charge in [-0.25, -0.2) is 9.59 Å². The number of rotatable bonds is 2. The van der Waals surface area contributed by atoms with Gasteiger partial charge in [0.25, 0.3) is 0 Å². The van der Waals surface area contributed by atoms with Crippen molar-refractivity contribution in [3.63, 3.8) is 0 Å². The van der Waals surface area contributed by atoms with E-state index in [0.29, 0.717) is 17.4 Å². The number of carbonyl (C=O) groups excluding carboxylic acids is 2. The summed E-state index contributed by atoms with van der Waals surface area (Å²) >= 11 is 0. The van der Waals surface area contributed by atoms with Crippen molar-refractivity contribution in [1.29, 1.82) is 0 Å². The van der Waals surface area contributed by atoms with Gasteiger partial charge in [0, 0.05) is 12.5 Å². The molecule has 1 aliphatic heterocycles. The van der Waals surface area contributed by atoms with Gasteiger partial charge in [-0.05, 0) is 19.1 Å². The van der Waals surface area contributed by atoms with Crippen molar-refractivity contribution in [1.82, 2.24) is 0 Å². The number of hydrogen-bond donors (Lipinski definition) is 0. The molecule has 0 aliphatic carbocycles. The van der Waals surface area contributed by atoms with Crippen LogP contribution in [0, 0.1) is 6.92 Å². The number of benzene rings is 1. The minimum atomic E-state index is -0.934. The Balaban J connectivity index is 1.93. The number of aryl methyl sites for hydroxylation is 1. The van der Waals surface area contributed by atoms with E-state index in [-0.39, 0.29) is 17.8 Å². The lowest BCUT2D eigenvalue weighted by Gasteiger charge is -2.08. The van der Waals surface area contributed by atoms with Crippen molar-refractivity contribution < 1.29 is 23.5 Å². The van der Waals surface area contributed by atoms with E-state index < -0.39 is 18.0 Å². The lowest BCUT2D eigenvalue weighted by molar-refractivity contribution is -0.145. The van der Waals surface area contributed by atoms with Gasteiger partial charge in [0.05, 0.1) is 12.0 Å². The van der Waals surface area contributed by atoms with Crippen LogP contribution < -0.4 is 5.43 Å². The van der Waals surface area contributed by atoms with E-state index >= 15 is 0 Å². The van der Waals surface area contributed by atoms with Crippen LogP contribution in [-0.4, -0.2) is 24.6 Å². The van der Waals surface area contributed by atoms with Crippen LogP contribution in [0.3, 0.4) is 0 Å². The molecule has 1 aromatic carbocycles. The second-order valence-electron chi connectivity index (χ2n) is 4.82. The minimum Gasteiger partial charge on any atom is -0.463 e. The maximum absolute atomic E-state index is 12.0. The predicted octanol–water partition coefficient (Wildman–Crippen LogP) is 1.57. The predicted molar refractivity (Wildman–Crippen MR) is 72.0 cm³/mol. The van der Waals surface area contributed by atoms with Crippen molar-refractivity contribution in [3.8, 4) is 0 Å². The van der Waals surface area contributed by atoms with E-state index in [4.69, 9.17) is 13.9 Å². The molecule has 0 bridgehead atoms. The van der Waals surface area contributed by atoms with Gasteiger partial charge in [0.2, 0.25) is 11.9 Å². The van der Waals surface area contributed by atoms with Gasteiger partial charge in [-0.2, -0.15) is 0 Å². The molecule has 2 heterocycles. The molecule has 0 amide bonds. The molecule has 0 unspecified atom stereocenters. The molecule has 6 nitrogen and oxygen atoms in total. The van der Waals surface area contributed by atoms with Gasteiger partial charge in [0.1, 0.15) is 5.58 Å². The van der Waals surface area contributed by atoms with E-state index in [0.717, 1.165) is 11.6 Å². The third-order valence-corrected chi connectivity index (χ3v) is 3.22. The highest BCUT2D eigenvalue weighted by atomic mass is 16.6. The largest absolute Gasteiger partial charge is 0.463 e. The lowest BCUT2D eigenvalue weighted by Crippen LogP contribution is -2.23. The van der Waals surface area contributed by atoms with Gasteiger partial charge < -0.3 is 13.9 Å². The summed E-state index contributed by atoms with van der Waals surface area (Å²) in [6, 6.07) is 6.15. The Morgan fingerprint density at radius 3 is 2.81 bits per heavy atom. The standard InChI is InChI=1S/C15H12O6/c1-8-2-3-11-9(6-8)10(16)7-13(20-11)15(18)21-12-4-5-19-14(12)17/h2-3,6-7,12H,4-5H2,1H3/t12-/m1/s1. The third-order valence-electron chi connectivity index (χ3n) is 3.22. The fourth-order valence-electron chi connectivity index (χ4n) is 2.14. The summed E-state index contributed by atoms with van der Waals surface area (Å²) in [5.41, 5.74) is 0.883. The lowest BCUT2D eigenvalue weighted by atomic mass is 10.1. The average Bonchev–Trinajstić information content (AvgIpc) is 2.85. The van der Waals surface area contributed by atoms with Crippen molar-refractivity contribution in [2.45, 2.75) is 19.4 Å². The van der Waals surface area contributed by atoms with Crippen molar-refractivity contribution in [2.24, 2.45) is 0 Å². The molecular formula is C15H12O6. The first kappa shape index (κ1) is 13.4. The summed E-state index contributed by atoms with van der Waals surface area (Å²) < 4.78 is 15.1. The van der Waals surface area contributed by atoms with Gasteiger partial charge in [-0.1, -0.05) is 11.6 Å². The highest BCUT2D eigenvalue weighted by Crippen LogP contribution is 2.17. The Hall–Kier alpha value is -2.63. The topological polar surface area (TPSA) is 82.8 Å². The molecule has 6 heteroatoms. The number of ether oxygens (including phenoxy) is 2. The zero-order valence-corrected chi connectivity index (χ0v) is 11.3. The molecule has 3 rings (SSSR count). The van der Waals surface area contributed by atoms with Crippen LogP contribution in [0.2, 0.25) is 0 Å². The van der Waals surface area contributed by atoms with Crippen LogP contribution in [0.1, 0.15) is 22.5 Å². The van der Waals surface area contributed by atoms with Crippen LogP contribution in [0.15, 0.2) is 33.5 Å². The zero-order chi connectivity index (χ0) is 15.0. The van der Waals surface area contributed by atoms with Crippen molar-refractivity contribution in [3.05, 3.63) is 45.8 Å². The normalized spacial score (nSPS) is 17.8. The number of fused-ring (bicyclic) bond motifs is 1. The molecule has 0 radical (unpaired) electrons. The average molecular weight is 288 g/mol. The number of esters is 2. The van der Waals surface area contributed by atoms with E-state index in [2.05, 4.69) is 0 Å². The summed E-state index contributed by atoms with van der Waals surface area (Å²) in [5, 5.41) is 0.395. The van der Waals surface area contributed by atoms with Crippen molar-refractivity contribution in [2.75, 3.05) is 6.61 Å². The first-order chi connectivity index (χ1) is 10.0. The smallest absolute Gasteiger partial charge is 0.375 e. The molecule has 0 spiro atoms. The van der Waals surface area contributed by atoms with Crippen LogP contribution in [0.5, 0.6) is 0 Å². The zero-order valence-electron chi connectivity index (χ0n) is 11.3. The van der Waals surface area contributed by atoms with E-state index in [9.17, 15) is 14.4 Å². The second-order valence-corrected chi connectivity index (χ2v) is 4.82. The summed E-state index contributed by atoms with van der Waals surface area (Å²) in [5.74, 6) is -1.66. The molecule has 1 saturated heterocycles. The highest BCUT2D eigenvalue weighted by Gasteiger charge is 2.31. The number of hydrogen-bond acceptors (Lipinski definition) is 6. The summed E-state index contributed by atoms with van der Waals surface area (Å²) in [7, 11) is 0.